The van der Waals surface area contributed by atoms with Crippen LogP contribution < -0.4 is 10.1 Å². The first kappa shape index (κ1) is 26.9. The maximum Gasteiger partial charge on any atom is 0.573 e. The number of sulfonamides is 1. The van der Waals surface area contributed by atoms with Gasteiger partial charge in [-0.15, -0.1) is 13.2 Å². The van der Waals surface area contributed by atoms with Gasteiger partial charge < -0.3 is 15.0 Å². The van der Waals surface area contributed by atoms with E-state index >= 15 is 0 Å². The summed E-state index contributed by atoms with van der Waals surface area (Å²) in [6.07, 6.45) is -2.99. The van der Waals surface area contributed by atoms with Crippen molar-refractivity contribution in [1.82, 2.24) is 9.21 Å². The predicted molar refractivity (Wildman–Crippen MR) is 129 cm³/mol. The lowest BCUT2D eigenvalue weighted by Crippen LogP contribution is -2.48. The van der Waals surface area contributed by atoms with Crippen LogP contribution in [0, 0.1) is 12.8 Å². The lowest BCUT2D eigenvalue weighted by Gasteiger charge is -2.34. The molecule has 0 spiro atoms. The molecule has 0 aromatic heterocycles. The molecule has 37 heavy (non-hydrogen) atoms. The Kier molecular flexibility index (Phi) is 7.79. The fourth-order valence-electron chi connectivity index (χ4n) is 4.71. The van der Waals surface area contributed by atoms with E-state index in [4.69, 9.17) is 0 Å². The molecule has 200 valence electrons. The number of anilines is 1. The van der Waals surface area contributed by atoms with E-state index in [2.05, 4.69) is 10.1 Å². The van der Waals surface area contributed by atoms with Crippen LogP contribution in [0.2, 0.25) is 0 Å². The lowest BCUT2D eigenvalue weighted by atomic mass is 9.96. The van der Waals surface area contributed by atoms with Crippen LogP contribution in [-0.2, 0) is 19.6 Å². The zero-order valence-electron chi connectivity index (χ0n) is 20.2. The molecule has 2 aliphatic rings. The quantitative estimate of drug-likeness (QED) is 0.601. The second kappa shape index (κ2) is 10.7. The molecule has 2 amide bonds. The van der Waals surface area contributed by atoms with Crippen LogP contribution in [-0.4, -0.2) is 61.5 Å². The van der Waals surface area contributed by atoms with E-state index < -0.39 is 40.0 Å². The van der Waals surface area contributed by atoms with Crippen LogP contribution in [0.4, 0.5) is 18.9 Å². The number of hydrogen-bond donors (Lipinski definition) is 1. The van der Waals surface area contributed by atoms with Crippen molar-refractivity contribution in [2.24, 2.45) is 5.92 Å². The van der Waals surface area contributed by atoms with Crippen molar-refractivity contribution in [3.63, 3.8) is 0 Å². The van der Waals surface area contributed by atoms with Gasteiger partial charge in [0, 0.05) is 31.2 Å². The molecule has 0 aliphatic carbocycles. The average molecular weight is 540 g/mol. The van der Waals surface area contributed by atoms with Crippen molar-refractivity contribution in [3.8, 4) is 5.75 Å². The Morgan fingerprint density at radius 3 is 2.16 bits per heavy atom. The molecule has 1 atom stereocenters. The highest BCUT2D eigenvalue weighted by atomic mass is 32.2. The number of carbonyl (C=O) groups is 2. The molecule has 0 bridgehead atoms. The molecule has 2 aromatic carbocycles. The molecule has 1 unspecified atom stereocenters. The van der Waals surface area contributed by atoms with Gasteiger partial charge in [0.15, 0.2) is 0 Å². The SMILES string of the molecule is Cc1ccc(S(=O)(=O)N2CCC(C(=O)N3CCCC3C(=O)Nc3ccc(OC(F)(F)F)cc3)CC2)cc1. The summed E-state index contributed by atoms with van der Waals surface area (Å²) in [7, 11) is -3.65. The summed E-state index contributed by atoms with van der Waals surface area (Å²) in [5.41, 5.74) is 1.24. The van der Waals surface area contributed by atoms with Crippen molar-refractivity contribution in [2.45, 2.75) is 49.9 Å². The molecule has 4 rings (SSSR count). The van der Waals surface area contributed by atoms with Gasteiger partial charge in [-0.25, -0.2) is 8.42 Å². The Hall–Kier alpha value is -3.12. The van der Waals surface area contributed by atoms with E-state index in [0.717, 1.165) is 17.7 Å². The molecule has 2 aromatic rings. The van der Waals surface area contributed by atoms with Gasteiger partial charge in [0.05, 0.1) is 4.90 Å². The summed E-state index contributed by atoms with van der Waals surface area (Å²) in [5.74, 6) is -1.40. The summed E-state index contributed by atoms with van der Waals surface area (Å²) in [6.45, 7) is 2.72. The summed E-state index contributed by atoms with van der Waals surface area (Å²) >= 11 is 0. The molecule has 0 saturated carbocycles. The van der Waals surface area contributed by atoms with Crippen molar-refractivity contribution < 1.29 is 35.9 Å². The molecule has 0 radical (unpaired) electrons. The molecule has 2 saturated heterocycles. The molecule has 8 nitrogen and oxygen atoms in total. The van der Waals surface area contributed by atoms with Crippen LogP contribution >= 0.6 is 0 Å². The maximum absolute atomic E-state index is 13.3. The Bertz CT molecular complexity index is 1230. The highest BCUT2D eigenvalue weighted by Gasteiger charge is 2.39. The number of nitrogens with zero attached hydrogens (tertiary/aromatic N) is 2. The fourth-order valence-corrected chi connectivity index (χ4v) is 6.18. The topological polar surface area (TPSA) is 96.0 Å². The predicted octanol–water partition coefficient (Wildman–Crippen LogP) is 3.92. The Morgan fingerprint density at radius 1 is 0.946 bits per heavy atom. The minimum absolute atomic E-state index is 0.182. The largest absolute Gasteiger partial charge is 0.573 e. The van der Waals surface area contributed by atoms with Crippen molar-refractivity contribution in [2.75, 3.05) is 25.0 Å². The van der Waals surface area contributed by atoms with Crippen molar-refractivity contribution in [1.29, 1.82) is 0 Å². The van der Waals surface area contributed by atoms with Crippen LogP contribution in [0.25, 0.3) is 0 Å². The zero-order valence-corrected chi connectivity index (χ0v) is 21.0. The standard InChI is InChI=1S/C25H28F3N3O5S/c1-17-4-10-21(11-5-17)37(34,35)30-15-12-18(13-16-30)24(33)31-14-2-3-22(31)23(32)29-19-6-8-20(9-7-19)36-25(26,27)28/h4-11,18,22H,2-3,12-16H2,1H3,(H,29,32). The third kappa shape index (κ3) is 6.42. The second-order valence-corrected chi connectivity index (χ2v) is 11.2. The first-order valence-electron chi connectivity index (χ1n) is 12.0. The number of piperidine rings is 1. The monoisotopic (exact) mass is 539 g/mol. The van der Waals surface area contributed by atoms with Gasteiger partial charge in [-0.3, -0.25) is 9.59 Å². The van der Waals surface area contributed by atoms with E-state index in [-0.39, 0.29) is 29.6 Å². The normalized spacial score (nSPS) is 19.6. The molecule has 1 N–H and O–H groups in total. The zero-order chi connectivity index (χ0) is 26.8. The first-order chi connectivity index (χ1) is 17.4. The number of alkyl halides is 3. The van der Waals surface area contributed by atoms with E-state index in [0.29, 0.717) is 32.2 Å². The van der Waals surface area contributed by atoms with Gasteiger partial charge >= 0.3 is 6.36 Å². The third-order valence-electron chi connectivity index (χ3n) is 6.66. The number of rotatable bonds is 6. The van der Waals surface area contributed by atoms with Crippen LogP contribution in [0.15, 0.2) is 53.4 Å². The summed E-state index contributed by atoms with van der Waals surface area (Å²) in [6, 6.07) is 10.7. The van der Waals surface area contributed by atoms with Gasteiger partial charge in [-0.2, -0.15) is 4.31 Å². The minimum atomic E-state index is -4.81. The van der Waals surface area contributed by atoms with E-state index in [1.165, 1.54) is 21.3 Å². The van der Waals surface area contributed by atoms with Gasteiger partial charge in [0.25, 0.3) is 0 Å². The van der Waals surface area contributed by atoms with Gasteiger partial charge in [0.2, 0.25) is 21.8 Å². The average Bonchev–Trinajstić information content (AvgIpc) is 3.34. The fraction of sp³-hybridized carbons (Fsp3) is 0.440. The van der Waals surface area contributed by atoms with Gasteiger partial charge in [-0.05, 0) is 69.0 Å². The summed E-state index contributed by atoms with van der Waals surface area (Å²) in [5, 5.41) is 2.65. The number of aryl methyl sites for hydroxylation is 1. The Labute approximate surface area is 213 Å². The van der Waals surface area contributed by atoms with Gasteiger partial charge in [0.1, 0.15) is 11.8 Å². The second-order valence-electron chi connectivity index (χ2n) is 9.24. The molecule has 2 heterocycles. The molecule has 2 aliphatic heterocycles. The van der Waals surface area contributed by atoms with Crippen LogP contribution in [0.3, 0.4) is 0 Å². The number of likely N-dealkylation sites (tertiary alicyclic amines) is 1. The first-order valence-corrected chi connectivity index (χ1v) is 13.4. The smallest absolute Gasteiger partial charge is 0.406 e. The number of hydrogen-bond acceptors (Lipinski definition) is 5. The minimum Gasteiger partial charge on any atom is -0.406 e. The maximum atomic E-state index is 13.3. The molecular formula is C25H28F3N3O5S. The highest BCUT2D eigenvalue weighted by Crippen LogP contribution is 2.29. The van der Waals surface area contributed by atoms with E-state index in [1.54, 1.807) is 24.3 Å². The number of nitrogens with one attached hydrogen (secondary N) is 1. The summed E-state index contributed by atoms with van der Waals surface area (Å²) in [4.78, 5) is 27.9. The molecule has 2 fully saturated rings. The van der Waals surface area contributed by atoms with E-state index in [1.807, 2.05) is 6.92 Å². The van der Waals surface area contributed by atoms with Crippen LogP contribution in [0.1, 0.15) is 31.2 Å². The molecular weight excluding hydrogens is 511 g/mol. The Balaban J connectivity index is 1.34. The number of benzene rings is 2. The van der Waals surface area contributed by atoms with Gasteiger partial charge in [-0.1, -0.05) is 17.7 Å². The number of amides is 2. The van der Waals surface area contributed by atoms with Crippen LogP contribution in [0.5, 0.6) is 5.75 Å². The highest BCUT2D eigenvalue weighted by molar-refractivity contribution is 7.89. The summed E-state index contributed by atoms with van der Waals surface area (Å²) < 4.78 is 68.1. The van der Waals surface area contributed by atoms with Crippen molar-refractivity contribution >= 4 is 27.5 Å². The van der Waals surface area contributed by atoms with Crippen molar-refractivity contribution in [3.05, 3.63) is 54.1 Å². The van der Waals surface area contributed by atoms with E-state index in [9.17, 15) is 31.2 Å². The Morgan fingerprint density at radius 2 is 1.57 bits per heavy atom. The molecule has 12 heteroatoms. The number of ether oxygens (including phenoxy) is 1. The lowest BCUT2D eigenvalue weighted by molar-refractivity contribution is -0.274. The third-order valence-corrected chi connectivity index (χ3v) is 8.57. The number of carbonyl (C=O) groups excluding carboxylic acids is 2. The number of halogens is 3.